The van der Waals surface area contributed by atoms with Crippen molar-refractivity contribution in [1.82, 2.24) is 20.0 Å². The van der Waals surface area contributed by atoms with E-state index in [1.165, 1.54) is 38.1 Å². The van der Waals surface area contributed by atoms with Gasteiger partial charge in [0.1, 0.15) is 11.6 Å². The van der Waals surface area contributed by atoms with Crippen LogP contribution >= 0.6 is 0 Å². The number of rotatable bonds is 7. The number of pyridine rings is 1. The molecule has 0 atom stereocenters. The zero-order chi connectivity index (χ0) is 18.5. The van der Waals surface area contributed by atoms with Gasteiger partial charge in [-0.2, -0.15) is 4.98 Å². The Morgan fingerprint density at radius 2 is 2.00 bits per heavy atom. The number of anilines is 1. The summed E-state index contributed by atoms with van der Waals surface area (Å²) in [5.74, 6) is 1.21. The number of aromatic nitrogens is 3. The lowest BCUT2D eigenvalue weighted by atomic mass is 10.2. The van der Waals surface area contributed by atoms with Gasteiger partial charge in [-0.1, -0.05) is 17.3 Å². The van der Waals surface area contributed by atoms with Crippen LogP contribution in [-0.4, -0.2) is 46.2 Å². The van der Waals surface area contributed by atoms with Gasteiger partial charge in [0.25, 0.3) is 5.89 Å². The predicted octanol–water partition coefficient (Wildman–Crippen LogP) is 3.84. The van der Waals surface area contributed by atoms with E-state index in [1.807, 2.05) is 12.1 Å². The number of nitrogens with zero attached hydrogens (tertiary/aromatic N) is 4. The van der Waals surface area contributed by atoms with E-state index in [9.17, 15) is 4.39 Å². The number of nitrogens with one attached hydrogen (secondary N) is 1. The molecule has 0 bridgehead atoms. The lowest BCUT2D eigenvalue weighted by molar-refractivity contribution is 0.337. The van der Waals surface area contributed by atoms with Gasteiger partial charge in [0.05, 0.1) is 5.56 Å². The lowest BCUT2D eigenvalue weighted by Gasteiger charge is -2.14. The maximum atomic E-state index is 13.3. The summed E-state index contributed by atoms with van der Waals surface area (Å²) in [7, 11) is 0. The topological polar surface area (TPSA) is 67.1 Å². The Labute approximate surface area is 157 Å². The molecule has 27 heavy (non-hydrogen) atoms. The fraction of sp³-hybridized carbons (Fsp3) is 0.350. The van der Waals surface area contributed by atoms with Gasteiger partial charge in [-0.3, -0.25) is 0 Å². The van der Waals surface area contributed by atoms with Crippen LogP contribution in [-0.2, 0) is 0 Å². The molecule has 4 rings (SSSR count). The van der Waals surface area contributed by atoms with Gasteiger partial charge >= 0.3 is 0 Å². The van der Waals surface area contributed by atoms with E-state index in [4.69, 9.17) is 4.52 Å². The summed E-state index contributed by atoms with van der Waals surface area (Å²) < 4.78 is 18.6. The van der Waals surface area contributed by atoms with E-state index < -0.39 is 0 Å². The Bertz CT molecular complexity index is 874. The molecular formula is C20H22FN5O. The van der Waals surface area contributed by atoms with Gasteiger partial charge < -0.3 is 14.7 Å². The summed E-state index contributed by atoms with van der Waals surface area (Å²) in [4.78, 5) is 11.2. The number of benzene rings is 1. The molecule has 1 aromatic carbocycles. The molecule has 6 nitrogen and oxygen atoms in total. The molecule has 7 heteroatoms. The molecule has 1 fully saturated rings. The third-order valence-corrected chi connectivity index (χ3v) is 4.68. The maximum Gasteiger partial charge on any atom is 0.259 e. The lowest BCUT2D eigenvalue weighted by Crippen LogP contribution is -2.22. The average molecular weight is 367 g/mol. The first-order valence-electron chi connectivity index (χ1n) is 9.30. The molecule has 1 saturated heterocycles. The van der Waals surface area contributed by atoms with Crippen LogP contribution in [0.2, 0.25) is 0 Å². The standard InChI is InChI=1S/C20H22FN5O/c21-17-6-3-5-15(13-17)19-24-20(27-25-19)16-7-8-18(23-14-16)22-9-4-12-26-10-1-2-11-26/h3,5-8,13-14H,1-2,4,9-12H2,(H,22,23). The number of halogens is 1. The van der Waals surface area contributed by atoms with Gasteiger partial charge in [0.15, 0.2) is 0 Å². The third kappa shape index (κ3) is 4.49. The molecule has 0 radical (unpaired) electrons. The molecule has 140 valence electrons. The summed E-state index contributed by atoms with van der Waals surface area (Å²) >= 11 is 0. The predicted molar refractivity (Wildman–Crippen MR) is 102 cm³/mol. The highest BCUT2D eigenvalue weighted by Crippen LogP contribution is 2.22. The van der Waals surface area contributed by atoms with Crippen molar-refractivity contribution in [3.63, 3.8) is 0 Å². The molecule has 0 aliphatic carbocycles. The minimum absolute atomic E-state index is 0.333. The highest BCUT2D eigenvalue weighted by Gasteiger charge is 2.12. The van der Waals surface area contributed by atoms with E-state index in [0.717, 1.165) is 30.9 Å². The quantitative estimate of drug-likeness (QED) is 0.640. The van der Waals surface area contributed by atoms with Gasteiger partial charge in [-0.25, -0.2) is 9.37 Å². The number of hydrogen-bond acceptors (Lipinski definition) is 6. The molecule has 0 unspecified atom stereocenters. The molecule has 1 N–H and O–H groups in total. The first-order chi connectivity index (χ1) is 13.3. The second-order valence-corrected chi connectivity index (χ2v) is 6.69. The van der Waals surface area contributed by atoms with Gasteiger partial charge in [0, 0.05) is 18.3 Å². The first kappa shape index (κ1) is 17.6. The highest BCUT2D eigenvalue weighted by molar-refractivity contribution is 5.60. The van der Waals surface area contributed by atoms with Crippen molar-refractivity contribution in [3.05, 3.63) is 48.4 Å². The Balaban J connectivity index is 1.33. The average Bonchev–Trinajstić information content (AvgIpc) is 3.38. The second-order valence-electron chi connectivity index (χ2n) is 6.69. The Morgan fingerprint density at radius 1 is 1.11 bits per heavy atom. The number of hydrogen-bond donors (Lipinski definition) is 1. The largest absolute Gasteiger partial charge is 0.370 e. The van der Waals surface area contributed by atoms with E-state index in [1.54, 1.807) is 18.3 Å². The molecule has 1 aliphatic heterocycles. The van der Waals surface area contributed by atoms with Gasteiger partial charge in [-0.05, 0) is 63.2 Å². The van der Waals surface area contributed by atoms with Gasteiger partial charge in [0.2, 0.25) is 5.82 Å². The van der Waals surface area contributed by atoms with Crippen molar-refractivity contribution >= 4 is 5.82 Å². The van der Waals surface area contributed by atoms with Crippen molar-refractivity contribution in [2.24, 2.45) is 0 Å². The summed E-state index contributed by atoms with van der Waals surface area (Å²) in [6.45, 7) is 4.49. The monoisotopic (exact) mass is 367 g/mol. The van der Waals surface area contributed by atoms with Crippen LogP contribution in [0.25, 0.3) is 22.8 Å². The van der Waals surface area contributed by atoms with E-state index in [0.29, 0.717) is 17.3 Å². The summed E-state index contributed by atoms with van der Waals surface area (Å²) in [6, 6.07) is 9.90. The van der Waals surface area contributed by atoms with Crippen molar-refractivity contribution < 1.29 is 8.91 Å². The molecular weight excluding hydrogens is 345 g/mol. The van der Waals surface area contributed by atoms with E-state index in [2.05, 4.69) is 25.3 Å². The fourth-order valence-corrected chi connectivity index (χ4v) is 3.24. The summed E-state index contributed by atoms with van der Waals surface area (Å²) in [5, 5.41) is 7.26. The Morgan fingerprint density at radius 3 is 2.78 bits per heavy atom. The van der Waals surface area contributed by atoms with Crippen LogP contribution in [0.3, 0.4) is 0 Å². The Hall–Kier alpha value is -2.80. The van der Waals surface area contributed by atoms with E-state index in [-0.39, 0.29) is 5.82 Å². The minimum Gasteiger partial charge on any atom is -0.370 e. The van der Waals surface area contributed by atoms with Crippen LogP contribution < -0.4 is 5.32 Å². The highest BCUT2D eigenvalue weighted by atomic mass is 19.1. The zero-order valence-electron chi connectivity index (χ0n) is 15.1. The molecule has 0 spiro atoms. The van der Waals surface area contributed by atoms with Crippen LogP contribution in [0.4, 0.5) is 10.2 Å². The van der Waals surface area contributed by atoms with Crippen molar-refractivity contribution in [3.8, 4) is 22.8 Å². The van der Waals surface area contributed by atoms with Crippen LogP contribution in [0.5, 0.6) is 0 Å². The van der Waals surface area contributed by atoms with Crippen molar-refractivity contribution in [1.29, 1.82) is 0 Å². The maximum absolute atomic E-state index is 13.3. The third-order valence-electron chi connectivity index (χ3n) is 4.68. The number of likely N-dealkylation sites (tertiary alicyclic amines) is 1. The van der Waals surface area contributed by atoms with Crippen LogP contribution in [0.15, 0.2) is 47.1 Å². The van der Waals surface area contributed by atoms with Crippen molar-refractivity contribution in [2.45, 2.75) is 19.3 Å². The first-order valence-corrected chi connectivity index (χ1v) is 9.30. The zero-order valence-corrected chi connectivity index (χ0v) is 15.1. The second kappa shape index (κ2) is 8.26. The molecule has 3 aromatic rings. The van der Waals surface area contributed by atoms with Gasteiger partial charge in [-0.15, -0.1) is 0 Å². The molecule has 2 aromatic heterocycles. The fourth-order valence-electron chi connectivity index (χ4n) is 3.24. The normalized spacial score (nSPS) is 14.6. The molecule has 0 amide bonds. The SMILES string of the molecule is Fc1cccc(-c2noc(-c3ccc(NCCCN4CCCC4)nc3)n2)c1. The molecule has 3 heterocycles. The molecule has 1 aliphatic rings. The smallest absolute Gasteiger partial charge is 0.259 e. The summed E-state index contributed by atoms with van der Waals surface area (Å²) in [6.07, 6.45) is 5.45. The molecule has 0 saturated carbocycles. The Kier molecular flexibility index (Phi) is 5.39. The van der Waals surface area contributed by atoms with Crippen molar-refractivity contribution in [2.75, 3.05) is 31.5 Å². The van der Waals surface area contributed by atoms with E-state index >= 15 is 0 Å². The minimum atomic E-state index is -0.333. The van der Waals surface area contributed by atoms with Crippen LogP contribution in [0.1, 0.15) is 19.3 Å². The van der Waals surface area contributed by atoms with Crippen LogP contribution in [0, 0.1) is 5.82 Å². The summed E-state index contributed by atoms with van der Waals surface area (Å²) in [5.41, 5.74) is 1.31.